The van der Waals surface area contributed by atoms with E-state index in [2.05, 4.69) is 194 Å². The molecule has 1 heterocycles. The summed E-state index contributed by atoms with van der Waals surface area (Å²) in [5.74, 6) is 0. The van der Waals surface area contributed by atoms with Crippen LogP contribution in [0.5, 0.6) is 0 Å². The molecule has 0 radical (unpaired) electrons. The van der Waals surface area contributed by atoms with Gasteiger partial charge in [0.25, 0.3) is 0 Å². The maximum atomic E-state index is 8.12. The first kappa shape index (κ1) is 50.9. The lowest BCUT2D eigenvalue weighted by Gasteiger charge is -2.34. The molecule has 0 unspecified atom stereocenters. The molecule has 0 spiro atoms. The lowest BCUT2D eigenvalue weighted by atomic mass is 9.71. The van der Waals surface area contributed by atoms with Crippen LogP contribution in [0, 0.1) is 6.92 Å². The van der Waals surface area contributed by atoms with Crippen molar-refractivity contribution in [3.63, 3.8) is 0 Å². The van der Waals surface area contributed by atoms with E-state index in [-0.39, 0.29) is 11.6 Å². The highest BCUT2D eigenvalue weighted by Gasteiger charge is 2.30. The van der Waals surface area contributed by atoms with Crippen molar-refractivity contribution in [2.24, 2.45) is 0 Å². The van der Waals surface area contributed by atoms with Crippen LogP contribution in [-0.4, -0.2) is 11.1 Å². The Kier molecular flexibility index (Phi) is 19.1. The van der Waals surface area contributed by atoms with E-state index in [9.17, 15) is 0 Å². The second kappa shape index (κ2) is 24.4. The zero-order valence-electron chi connectivity index (χ0n) is 41.4. The van der Waals surface area contributed by atoms with Gasteiger partial charge in [0.05, 0.1) is 5.52 Å². The van der Waals surface area contributed by atoms with Crippen LogP contribution >= 0.6 is 0 Å². The van der Waals surface area contributed by atoms with Crippen LogP contribution in [0.25, 0.3) is 22.0 Å². The zero-order chi connectivity index (χ0) is 46.8. The minimum absolute atomic E-state index is 0.231. The summed E-state index contributed by atoms with van der Waals surface area (Å²) >= 11 is 0. The molecule has 65 heavy (non-hydrogen) atoms. The maximum absolute atomic E-state index is 8.12. The van der Waals surface area contributed by atoms with Crippen molar-refractivity contribution < 1.29 is 9.59 Å². The van der Waals surface area contributed by atoms with Gasteiger partial charge in [-0.05, 0) is 125 Å². The van der Waals surface area contributed by atoms with Crippen molar-refractivity contribution >= 4 is 17.1 Å². The Balaban J connectivity index is 0.000000160. The highest BCUT2D eigenvalue weighted by molar-refractivity contribution is 5.79. The Morgan fingerprint density at radius 2 is 0.923 bits per heavy atom. The number of aryl methyl sites for hydroxylation is 2. The number of para-hydroxylation sites is 1. The summed E-state index contributed by atoms with van der Waals surface area (Å²) in [6.45, 7) is 18.4. The molecule has 3 aliphatic carbocycles. The van der Waals surface area contributed by atoms with Crippen LogP contribution in [-0.2, 0) is 37.7 Å². The SMILES string of the molecule is CC(C)(C)c1ccc(-c2ccccc2)cc1.CC1(c2cnc3ccccc3c2)CCCCC1.CCc1ccc(C2(C)CCCCC2)cc1.Cc1ccc(C2(C)CCCCC2)cc1.O=C=O. The number of benzene rings is 5. The molecular weight excluding hydrogens is 791 g/mol. The average Bonchev–Trinajstić information content (AvgIpc) is 3.33. The number of aromatic nitrogens is 1. The number of nitrogens with zero attached hydrogens (tertiary/aromatic N) is 1. The van der Waals surface area contributed by atoms with Gasteiger partial charge in [-0.1, -0.05) is 233 Å². The van der Waals surface area contributed by atoms with Gasteiger partial charge >= 0.3 is 6.15 Å². The third-order valence-corrected chi connectivity index (χ3v) is 14.8. The molecule has 1 aromatic heterocycles. The molecule has 344 valence electrons. The molecule has 3 aliphatic rings. The lowest BCUT2D eigenvalue weighted by molar-refractivity contribution is -0.191. The van der Waals surface area contributed by atoms with E-state index < -0.39 is 0 Å². The summed E-state index contributed by atoms with van der Waals surface area (Å²) in [7, 11) is 0. The Morgan fingerprint density at radius 3 is 1.38 bits per heavy atom. The van der Waals surface area contributed by atoms with Gasteiger partial charge in [-0.3, -0.25) is 4.98 Å². The summed E-state index contributed by atoms with van der Waals surface area (Å²) < 4.78 is 0. The van der Waals surface area contributed by atoms with Gasteiger partial charge in [0.2, 0.25) is 0 Å². The van der Waals surface area contributed by atoms with Gasteiger partial charge in [-0.25, -0.2) is 0 Å². The van der Waals surface area contributed by atoms with E-state index in [1.165, 1.54) is 135 Å². The van der Waals surface area contributed by atoms with Crippen LogP contribution in [0.15, 0.2) is 140 Å². The predicted molar refractivity (Wildman–Crippen MR) is 276 cm³/mol. The van der Waals surface area contributed by atoms with Gasteiger partial charge in [0, 0.05) is 11.6 Å². The molecule has 6 aromatic rings. The fourth-order valence-corrected chi connectivity index (χ4v) is 10.2. The first-order valence-corrected chi connectivity index (χ1v) is 24.9. The molecule has 0 saturated heterocycles. The normalized spacial score (nSPS) is 17.1. The van der Waals surface area contributed by atoms with Gasteiger partial charge < -0.3 is 0 Å². The average molecular weight is 870 g/mol. The van der Waals surface area contributed by atoms with E-state index in [1.54, 1.807) is 11.1 Å². The number of rotatable bonds is 5. The fourth-order valence-electron chi connectivity index (χ4n) is 10.2. The molecule has 0 atom stereocenters. The lowest BCUT2D eigenvalue weighted by Crippen LogP contribution is -2.25. The second-order valence-corrected chi connectivity index (χ2v) is 21.0. The van der Waals surface area contributed by atoms with Crippen molar-refractivity contribution in [1.82, 2.24) is 4.98 Å². The van der Waals surface area contributed by atoms with Crippen LogP contribution in [0.3, 0.4) is 0 Å². The summed E-state index contributed by atoms with van der Waals surface area (Å²) in [6.07, 6.45) is 24.2. The first-order valence-electron chi connectivity index (χ1n) is 24.9. The predicted octanol–water partition coefficient (Wildman–Crippen LogP) is 17.2. The molecular formula is C62H79NO2. The number of fused-ring (bicyclic) bond motifs is 1. The minimum atomic E-state index is 0.231. The smallest absolute Gasteiger partial charge is 0.256 e. The molecule has 0 bridgehead atoms. The van der Waals surface area contributed by atoms with E-state index in [4.69, 9.17) is 9.59 Å². The van der Waals surface area contributed by atoms with Gasteiger partial charge in [-0.15, -0.1) is 0 Å². The number of hydrogen-bond donors (Lipinski definition) is 0. The Hall–Kier alpha value is -5.11. The maximum Gasteiger partial charge on any atom is 0.373 e. The quantitative estimate of drug-likeness (QED) is 0.173. The molecule has 0 aliphatic heterocycles. The minimum Gasteiger partial charge on any atom is -0.256 e. The molecule has 0 amide bonds. The highest BCUT2D eigenvalue weighted by Crippen LogP contribution is 2.41. The van der Waals surface area contributed by atoms with Crippen LogP contribution in [0.1, 0.15) is 178 Å². The monoisotopic (exact) mass is 870 g/mol. The van der Waals surface area contributed by atoms with Gasteiger partial charge in [0.15, 0.2) is 0 Å². The number of carbonyl (C=O) groups excluding carboxylic acids is 2. The third kappa shape index (κ3) is 15.0. The van der Waals surface area contributed by atoms with E-state index in [0.29, 0.717) is 16.2 Å². The molecule has 3 heteroatoms. The van der Waals surface area contributed by atoms with Crippen molar-refractivity contribution in [2.75, 3.05) is 0 Å². The van der Waals surface area contributed by atoms with E-state index >= 15 is 0 Å². The van der Waals surface area contributed by atoms with Gasteiger partial charge in [-0.2, -0.15) is 9.59 Å². The summed E-state index contributed by atoms with van der Waals surface area (Å²) in [4.78, 5) is 20.9. The van der Waals surface area contributed by atoms with Crippen molar-refractivity contribution in [2.45, 2.75) is 180 Å². The number of hydrogen-bond acceptors (Lipinski definition) is 3. The topological polar surface area (TPSA) is 47.0 Å². The molecule has 3 fully saturated rings. The van der Waals surface area contributed by atoms with Gasteiger partial charge in [0.1, 0.15) is 0 Å². The van der Waals surface area contributed by atoms with Crippen LogP contribution in [0.4, 0.5) is 0 Å². The van der Waals surface area contributed by atoms with E-state index in [1.807, 2.05) is 6.07 Å². The first-order chi connectivity index (χ1) is 31.2. The number of pyridine rings is 1. The van der Waals surface area contributed by atoms with Crippen molar-refractivity contribution in [1.29, 1.82) is 0 Å². The Bertz CT molecular complexity index is 2310. The second-order valence-electron chi connectivity index (χ2n) is 21.0. The van der Waals surface area contributed by atoms with Crippen LogP contribution < -0.4 is 0 Å². The Labute approximate surface area is 393 Å². The Morgan fingerprint density at radius 1 is 0.508 bits per heavy atom. The van der Waals surface area contributed by atoms with Crippen LogP contribution in [0.2, 0.25) is 0 Å². The van der Waals surface area contributed by atoms with E-state index in [0.717, 1.165) is 11.9 Å². The highest BCUT2D eigenvalue weighted by atomic mass is 16.2. The van der Waals surface area contributed by atoms with Crippen molar-refractivity contribution in [3.05, 3.63) is 173 Å². The summed E-state index contributed by atoms with van der Waals surface area (Å²) in [5.41, 5.74) is 13.9. The molecule has 9 rings (SSSR count). The molecule has 3 saturated carbocycles. The standard InChI is InChI=1S/C16H19N.C16H18.C15H22.C14H20.CO2/c1-16(9-5-2-6-10-16)14-11-13-7-3-4-8-15(13)17-12-14;1-16(2,3)15-11-9-14(10-12-15)13-7-5-4-6-8-13;1-3-13-7-9-14(10-8-13)15(2)11-5-4-6-12-15;1-12-6-8-13(9-7-12)14(2)10-4-3-5-11-14;2-1-3/h3-4,7-8,11-12H,2,5-6,9-10H2,1H3;4-12H,1-3H3;7-10H,3-6,11-12H2,1-2H3;6-9H,3-5,10-11H2,1-2H3;. The summed E-state index contributed by atoms with van der Waals surface area (Å²) in [6, 6.07) is 48.5. The summed E-state index contributed by atoms with van der Waals surface area (Å²) in [5, 5.41) is 1.27. The molecule has 3 nitrogen and oxygen atoms in total. The molecule has 0 N–H and O–H groups in total. The zero-order valence-corrected chi connectivity index (χ0v) is 41.4. The molecule has 5 aromatic carbocycles. The van der Waals surface area contributed by atoms with Crippen molar-refractivity contribution in [3.8, 4) is 11.1 Å². The largest absolute Gasteiger partial charge is 0.373 e. The fraction of sp³-hybridized carbons (Fsp3) is 0.452. The third-order valence-electron chi connectivity index (χ3n) is 14.8.